The SMILES string of the molecule is C=CCOC(=O)OCC(CC)CCCC. The second-order valence-electron chi connectivity index (χ2n) is 3.58. The summed E-state index contributed by atoms with van der Waals surface area (Å²) in [6, 6.07) is 0. The monoisotopic (exact) mass is 214 g/mol. The van der Waals surface area contributed by atoms with Crippen LogP contribution in [-0.2, 0) is 9.47 Å². The van der Waals surface area contributed by atoms with E-state index in [0.717, 1.165) is 12.8 Å². The number of rotatable bonds is 8. The van der Waals surface area contributed by atoms with Gasteiger partial charge < -0.3 is 9.47 Å². The Bertz CT molecular complexity index is 178. The predicted octanol–water partition coefficient (Wildman–Crippen LogP) is 3.54. The summed E-state index contributed by atoms with van der Waals surface area (Å²) in [5.74, 6) is 0.459. The molecule has 0 spiro atoms. The molecule has 0 saturated heterocycles. The summed E-state index contributed by atoms with van der Waals surface area (Å²) < 4.78 is 9.70. The molecule has 0 amide bonds. The first-order valence-corrected chi connectivity index (χ1v) is 5.65. The molecule has 15 heavy (non-hydrogen) atoms. The van der Waals surface area contributed by atoms with E-state index in [2.05, 4.69) is 20.4 Å². The van der Waals surface area contributed by atoms with Crippen molar-refractivity contribution in [1.82, 2.24) is 0 Å². The summed E-state index contributed by atoms with van der Waals surface area (Å²) in [7, 11) is 0. The van der Waals surface area contributed by atoms with E-state index in [-0.39, 0.29) is 6.61 Å². The highest BCUT2D eigenvalue weighted by Gasteiger charge is 2.09. The third kappa shape index (κ3) is 8.03. The van der Waals surface area contributed by atoms with Crippen molar-refractivity contribution in [2.24, 2.45) is 5.92 Å². The predicted molar refractivity (Wildman–Crippen MR) is 60.8 cm³/mol. The first kappa shape index (κ1) is 14.0. The molecule has 0 aliphatic carbocycles. The third-order valence-electron chi connectivity index (χ3n) is 2.30. The van der Waals surface area contributed by atoms with Gasteiger partial charge in [-0.25, -0.2) is 4.79 Å². The van der Waals surface area contributed by atoms with Gasteiger partial charge >= 0.3 is 6.16 Å². The minimum absolute atomic E-state index is 0.213. The Kier molecular flexibility index (Phi) is 8.93. The molecule has 1 unspecified atom stereocenters. The molecule has 0 aromatic carbocycles. The van der Waals surface area contributed by atoms with E-state index >= 15 is 0 Å². The molecule has 0 saturated carbocycles. The Balaban J connectivity index is 3.59. The average Bonchev–Trinajstić information content (AvgIpc) is 2.26. The number of carbonyl (C=O) groups is 1. The van der Waals surface area contributed by atoms with Gasteiger partial charge in [-0.1, -0.05) is 45.8 Å². The number of carbonyl (C=O) groups excluding carboxylic acids is 1. The summed E-state index contributed by atoms with van der Waals surface area (Å²) in [6.45, 7) is 8.40. The van der Waals surface area contributed by atoms with Gasteiger partial charge in [0.15, 0.2) is 0 Å². The molecule has 0 radical (unpaired) electrons. The highest BCUT2D eigenvalue weighted by atomic mass is 16.7. The van der Waals surface area contributed by atoms with Crippen LogP contribution in [0.3, 0.4) is 0 Å². The Labute approximate surface area is 92.5 Å². The summed E-state index contributed by atoms with van der Waals surface area (Å²) in [5, 5.41) is 0. The van der Waals surface area contributed by atoms with Crippen LogP contribution in [0.5, 0.6) is 0 Å². The van der Waals surface area contributed by atoms with Gasteiger partial charge in [0.05, 0.1) is 6.61 Å². The number of hydrogen-bond donors (Lipinski definition) is 0. The molecule has 0 aromatic heterocycles. The van der Waals surface area contributed by atoms with Gasteiger partial charge in [-0.05, 0) is 12.3 Å². The van der Waals surface area contributed by atoms with E-state index < -0.39 is 6.16 Å². The first-order valence-electron chi connectivity index (χ1n) is 5.65. The Hall–Kier alpha value is -0.990. The second kappa shape index (κ2) is 9.56. The van der Waals surface area contributed by atoms with E-state index in [1.54, 1.807) is 0 Å². The van der Waals surface area contributed by atoms with Crippen molar-refractivity contribution in [2.75, 3.05) is 13.2 Å². The maximum Gasteiger partial charge on any atom is 0.508 e. The Morgan fingerprint density at radius 3 is 2.67 bits per heavy atom. The van der Waals surface area contributed by atoms with Crippen LogP contribution in [0.1, 0.15) is 39.5 Å². The lowest BCUT2D eigenvalue weighted by Crippen LogP contribution is -2.14. The standard InChI is InChI=1S/C12H22O3/c1-4-7-8-11(6-3)10-15-12(13)14-9-5-2/h5,11H,2,4,6-10H2,1,3H3. The summed E-state index contributed by atoms with van der Waals surface area (Å²) in [5.41, 5.74) is 0. The van der Waals surface area contributed by atoms with Gasteiger partial charge in [0.2, 0.25) is 0 Å². The summed E-state index contributed by atoms with van der Waals surface area (Å²) >= 11 is 0. The fraction of sp³-hybridized carbons (Fsp3) is 0.750. The van der Waals surface area contributed by atoms with Crippen molar-refractivity contribution in [3.63, 3.8) is 0 Å². The van der Waals surface area contributed by atoms with E-state index in [1.165, 1.54) is 18.9 Å². The fourth-order valence-corrected chi connectivity index (χ4v) is 1.25. The fourth-order valence-electron chi connectivity index (χ4n) is 1.25. The number of hydrogen-bond acceptors (Lipinski definition) is 3. The van der Waals surface area contributed by atoms with Gasteiger partial charge in [-0.15, -0.1) is 0 Å². The van der Waals surface area contributed by atoms with Crippen molar-refractivity contribution >= 4 is 6.16 Å². The van der Waals surface area contributed by atoms with Gasteiger partial charge in [0, 0.05) is 0 Å². The van der Waals surface area contributed by atoms with Crippen molar-refractivity contribution in [2.45, 2.75) is 39.5 Å². The minimum atomic E-state index is -0.593. The largest absolute Gasteiger partial charge is 0.508 e. The zero-order valence-corrected chi connectivity index (χ0v) is 9.83. The lowest BCUT2D eigenvalue weighted by molar-refractivity contribution is 0.0496. The summed E-state index contributed by atoms with van der Waals surface area (Å²) in [4.78, 5) is 11.0. The molecule has 0 aliphatic heterocycles. The van der Waals surface area contributed by atoms with Crippen LogP contribution in [0.25, 0.3) is 0 Å². The van der Waals surface area contributed by atoms with Crippen LogP contribution in [-0.4, -0.2) is 19.4 Å². The van der Waals surface area contributed by atoms with E-state index in [1.807, 2.05) is 0 Å². The molecule has 0 rings (SSSR count). The van der Waals surface area contributed by atoms with Crippen molar-refractivity contribution in [1.29, 1.82) is 0 Å². The van der Waals surface area contributed by atoms with Crippen molar-refractivity contribution < 1.29 is 14.3 Å². The van der Waals surface area contributed by atoms with Gasteiger partial charge in [0.1, 0.15) is 6.61 Å². The lowest BCUT2D eigenvalue weighted by Gasteiger charge is -2.13. The topological polar surface area (TPSA) is 35.5 Å². The molecule has 0 heterocycles. The molecule has 3 nitrogen and oxygen atoms in total. The van der Waals surface area contributed by atoms with Crippen LogP contribution >= 0.6 is 0 Å². The van der Waals surface area contributed by atoms with Gasteiger partial charge in [0.25, 0.3) is 0 Å². The van der Waals surface area contributed by atoms with E-state index in [9.17, 15) is 4.79 Å². The van der Waals surface area contributed by atoms with Crippen molar-refractivity contribution in [3.05, 3.63) is 12.7 Å². The molecule has 0 aliphatic rings. The maximum atomic E-state index is 11.0. The minimum Gasteiger partial charge on any atom is -0.434 e. The van der Waals surface area contributed by atoms with Crippen LogP contribution in [0.2, 0.25) is 0 Å². The molecular formula is C12H22O3. The second-order valence-corrected chi connectivity index (χ2v) is 3.58. The Morgan fingerprint density at radius 1 is 1.40 bits per heavy atom. The number of unbranched alkanes of at least 4 members (excludes halogenated alkanes) is 1. The first-order chi connectivity index (χ1) is 7.24. The van der Waals surface area contributed by atoms with E-state index in [4.69, 9.17) is 9.47 Å². The zero-order chi connectivity index (χ0) is 11.5. The summed E-state index contributed by atoms with van der Waals surface area (Å²) in [6.07, 6.45) is 5.44. The molecular weight excluding hydrogens is 192 g/mol. The highest BCUT2D eigenvalue weighted by Crippen LogP contribution is 2.12. The molecule has 1 atom stereocenters. The normalized spacial score (nSPS) is 11.9. The number of ether oxygens (including phenoxy) is 2. The molecule has 0 N–H and O–H groups in total. The quantitative estimate of drug-likeness (QED) is 0.458. The molecule has 0 fully saturated rings. The molecule has 0 bridgehead atoms. The highest BCUT2D eigenvalue weighted by molar-refractivity contribution is 5.59. The Morgan fingerprint density at radius 2 is 2.13 bits per heavy atom. The third-order valence-corrected chi connectivity index (χ3v) is 2.30. The van der Waals surface area contributed by atoms with Crippen LogP contribution in [0.15, 0.2) is 12.7 Å². The van der Waals surface area contributed by atoms with Gasteiger partial charge in [-0.3, -0.25) is 0 Å². The van der Waals surface area contributed by atoms with Gasteiger partial charge in [-0.2, -0.15) is 0 Å². The van der Waals surface area contributed by atoms with Crippen LogP contribution in [0, 0.1) is 5.92 Å². The molecule has 0 aromatic rings. The lowest BCUT2D eigenvalue weighted by atomic mass is 10.0. The zero-order valence-electron chi connectivity index (χ0n) is 9.83. The smallest absolute Gasteiger partial charge is 0.434 e. The van der Waals surface area contributed by atoms with Crippen LogP contribution in [0.4, 0.5) is 4.79 Å². The maximum absolute atomic E-state index is 11.0. The van der Waals surface area contributed by atoms with Crippen molar-refractivity contribution in [3.8, 4) is 0 Å². The molecule has 88 valence electrons. The van der Waals surface area contributed by atoms with Crippen LogP contribution < -0.4 is 0 Å². The van der Waals surface area contributed by atoms with E-state index in [0.29, 0.717) is 12.5 Å². The average molecular weight is 214 g/mol. The molecule has 3 heteroatoms.